The number of hydrogen-bond donors (Lipinski definition) is 3. The van der Waals surface area contributed by atoms with Crippen molar-refractivity contribution >= 4 is 22.8 Å². The van der Waals surface area contributed by atoms with Gasteiger partial charge in [0.2, 0.25) is 5.91 Å². The number of carbonyl (C=O) groups is 1. The van der Waals surface area contributed by atoms with Gasteiger partial charge in [-0.3, -0.25) is 4.79 Å². The molecule has 3 rings (SSSR count). The number of rotatable bonds is 6. The molecule has 8 heteroatoms. The smallest absolute Gasteiger partial charge is 0.216 e. The largest absolute Gasteiger partial charge is 0.404 e. The Morgan fingerprint density at radius 2 is 2.11 bits per heavy atom. The topological polar surface area (TPSA) is 110 Å². The van der Waals surface area contributed by atoms with Crippen LogP contribution in [0.4, 0.5) is 0 Å². The van der Waals surface area contributed by atoms with E-state index in [1.54, 1.807) is 17.7 Å². The molecule has 1 amide bonds. The van der Waals surface area contributed by atoms with Gasteiger partial charge in [-0.1, -0.05) is 23.9 Å². The molecule has 0 spiro atoms. The molecule has 2 aromatic rings. The summed E-state index contributed by atoms with van der Waals surface area (Å²) in [6.45, 7) is 6.36. The van der Waals surface area contributed by atoms with Gasteiger partial charge in [0.1, 0.15) is 11.3 Å². The Morgan fingerprint density at radius 3 is 2.82 bits per heavy atom. The summed E-state index contributed by atoms with van der Waals surface area (Å²) in [5, 5.41) is 14.6. The molecule has 0 aliphatic heterocycles. The van der Waals surface area contributed by atoms with Crippen LogP contribution in [0.15, 0.2) is 53.9 Å². The maximum atomic E-state index is 11.1. The first-order chi connectivity index (χ1) is 13.6. The molecule has 0 saturated heterocycles. The molecule has 1 aromatic carbocycles. The van der Waals surface area contributed by atoms with Crippen molar-refractivity contribution in [1.29, 1.82) is 0 Å². The Hall–Kier alpha value is -3.16. The summed E-state index contributed by atoms with van der Waals surface area (Å²) in [7, 11) is 0. The molecule has 4 N–H and O–H groups in total. The number of hydrogen-bond acceptors (Lipinski definition) is 6. The van der Waals surface area contributed by atoms with E-state index in [1.165, 1.54) is 6.20 Å². The van der Waals surface area contributed by atoms with Crippen LogP contribution in [-0.2, 0) is 4.79 Å². The Kier molecular flexibility index (Phi) is 6.41. The number of nitrogens with two attached hydrogens (primary N) is 1. The number of fused-ring (bicyclic) bond motifs is 1. The van der Waals surface area contributed by atoms with E-state index in [0.29, 0.717) is 23.6 Å². The molecule has 1 fully saturated rings. The number of allylic oxidation sites excluding steroid dienone is 1. The van der Waals surface area contributed by atoms with E-state index in [9.17, 15) is 4.79 Å². The van der Waals surface area contributed by atoms with E-state index < -0.39 is 0 Å². The minimum absolute atomic E-state index is 0.0316. The van der Waals surface area contributed by atoms with Gasteiger partial charge in [0.25, 0.3) is 0 Å². The fraction of sp³-hybridized carbons (Fsp3) is 0.400. The first-order valence-electron chi connectivity index (χ1n) is 9.54. The van der Waals surface area contributed by atoms with Crippen LogP contribution in [0.3, 0.4) is 0 Å². The summed E-state index contributed by atoms with van der Waals surface area (Å²) >= 11 is 0. The molecule has 8 nitrogen and oxygen atoms in total. The van der Waals surface area contributed by atoms with Gasteiger partial charge < -0.3 is 16.4 Å². The molecule has 0 unspecified atom stereocenters. The second-order valence-corrected chi connectivity index (χ2v) is 7.06. The lowest BCUT2D eigenvalue weighted by Crippen LogP contribution is -2.36. The van der Waals surface area contributed by atoms with Crippen LogP contribution in [0.25, 0.3) is 11.0 Å². The molecule has 1 heterocycles. The van der Waals surface area contributed by atoms with E-state index in [2.05, 4.69) is 32.5 Å². The van der Waals surface area contributed by atoms with Crippen molar-refractivity contribution in [2.24, 2.45) is 16.6 Å². The average molecular weight is 381 g/mol. The molecular weight excluding hydrogens is 354 g/mol. The number of aliphatic imine (C=N–C) groups is 1. The first-order valence-corrected chi connectivity index (χ1v) is 9.54. The Balaban J connectivity index is 1.63. The lowest BCUT2D eigenvalue weighted by Gasteiger charge is -2.29. The quantitative estimate of drug-likeness (QED) is 0.523. The highest BCUT2D eigenvalue weighted by atomic mass is 16.1. The average Bonchev–Trinajstić information content (AvgIpc) is 3.11. The zero-order valence-corrected chi connectivity index (χ0v) is 16.1. The van der Waals surface area contributed by atoms with Crippen LogP contribution in [-0.4, -0.2) is 39.3 Å². The molecule has 0 atom stereocenters. The fourth-order valence-electron chi connectivity index (χ4n) is 3.48. The number of amides is 1. The van der Waals surface area contributed by atoms with Crippen molar-refractivity contribution < 1.29 is 4.79 Å². The number of benzene rings is 1. The van der Waals surface area contributed by atoms with E-state index in [1.807, 2.05) is 24.3 Å². The lowest BCUT2D eigenvalue weighted by molar-refractivity contribution is -0.119. The number of carbonyl (C=O) groups excluding carboxylic acids is 1. The summed E-state index contributed by atoms with van der Waals surface area (Å²) in [6, 6.07) is 8.00. The lowest BCUT2D eigenvalue weighted by atomic mass is 9.86. The van der Waals surface area contributed by atoms with Gasteiger partial charge >= 0.3 is 0 Å². The minimum atomic E-state index is 0.0316. The highest BCUT2D eigenvalue weighted by Gasteiger charge is 2.21. The Labute approximate surface area is 164 Å². The van der Waals surface area contributed by atoms with Crippen LogP contribution >= 0.6 is 0 Å². The van der Waals surface area contributed by atoms with Gasteiger partial charge in [-0.2, -0.15) is 4.68 Å². The standard InChI is InChI=1S/C20H27N7O/c1-14(23-17-9-7-16(8-10-17)13-22-15(2)28)24-20(11-12-21)27-19-6-4-3-5-18(19)25-26-27/h3-6,11-12,16-17,23H,1,7-10,13,21H2,2H3,(H,22,28)/b12-11-,24-20+. The van der Waals surface area contributed by atoms with Gasteiger partial charge in [-0.15, -0.1) is 5.10 Å². The van der Waals surface area contributed by atoms with Crippen molar-refractivity contribution in [2.75, 3.05) is 6.54 Å². The molecule has 0 radical (unpaired) electrons. The molecule has 0 bridgehead atoms. The van der Waals surface area contributed by atoms with Gasteiger partial charge in [0, 0.05) is 19.5 Å². The van der Waals surface area contributed by atoms with Crippen molar-refractivity contribution in [3.63, 3.8) is 0 Å². The number of nitrogens with one attached hydrogen (secondary N) is 2. The van der Waals surface area contributed by atoms with Crippen LogP contribution < -0.4 is 16.4 Å². The SMILES string of the molecule is C=C(/N=C(\C=C/N)n1nnc2ccccc21)NC1CCC(CNC(C)=O)CC1. The maximum absolute atomic E-state index is 11.1. The monoisotopic (exact) mass is 381 g/mol. The normalized spacial score (nSPS) is 20.4. The predicted molar refractivity (Wildman–Crippen MR) is 110 cm³/mol. The molecular formula is C20H27N7O. The second kappa shape index (κ2) is 9.16. The van der Waals surface area contributed by atoms with Crippen molar-refractivity contribution in [2.45, 2.75) is 38.6 Å². The van der Waals surface area contributed by atoms with Crippen LogP contribution in [0.5, 0.6) is 0 Å². The summed E-state index contributed by atoms with van der Waals surface area (Å²) in [5.74, 6) is 1.69. The van der Waals surface area contributed by atoms with E-state index >= 15 is 0 Å². The summed E-state index contributed by atoms with van der Waals surface area (Å²) in [5.41, 5.74) is 7.24. The zero-order chi connectivity index (χ0) is 19.9. The molecule has 1 aliphatic rings. The summed E-state index contributed by atoms with van der Waals surface area (Å²) < 4.78 is 1.65. The third kappa shape index (κ3) is 4.97. The van der Waals surface area contributed by atoms with Crippen LogP contribution in [0.2, 0.25) is 0 Å². The predicted octanol–water partition coefficient (Wildman–Crippen LogP) is 1.91. The van der Waals surface area contributed by atoms with Gasteiger partial charge in [-0.05, 0) is 56.0 Å². The van der Waals surface area contributed by atoms with Crippen LogP contribution in [0, 0.1) is 5.92 Å². The molecule has 1 saturated carbocycles. The van der Waals surface area contributed by atoms with Crippen molar-refractivity contribution in [1.82, 2.24) is 25.6 Å². The fourth-order valence-corrected chi connectivity index (χ4v) is 3.48. The number of nitrogens with zero attached hydrogens (tertiary/aromatic N) is 4. The molecule has 1 aliphatic carbocycles. The van der Waals surface area contributed by atoms with Gasteiger partial charge in [0.05, 0.1) is 5.52 Å². The second-order valence-electron chi connectivity index (χ2n) is 7.06. The Morgan fingerprint density at radius 1 is 1.36 bits per heavy atom. The molecule has 28 heavy (non-hydrogen) atoms. The minimum Gasteiger partial charge on any atom is -0.404 e. The van der Waals surface area contributed by atoms with Crippen molar-refractivity contribution in [3.8, 4) is 0 Å². The Bertz CT molecular complexity index is 891. The number of aromatic nitrogens is 3. The van der Waals surface area contributed by atoms with E-state index in [0.717, 1.165) is 43.3 Å². The van der Waals surface area contributed by atoms with Gasteiger partial charge in [0.15, 0.2) is 5.84 Å². The van der Waals surface area contributed by atoms with Gasteiger partial charge in [-0.25, -0.2) is 4.99 Å². The third-order valence-electron chi connectivity index (χ3n) is 4.92. The van der Waals surface area contributed by atoms with Crippen LogP contribution in [0.1, 0.15) is 32.6 Å². The van der Waals surface area contributed by atoms with E-state index in [4.69, 9.17) is 5.73 Å². The zero-order valence-electron chi connectivity index (χ0n) is 16.1. The summed E-state index contributed by atoms with van der Waals surface area (Å²) in [6.07, 6.45) is 7.28. The molecule has 148 valence electrons. The third-order valence-corrected chi connectivity index (χ3v) is 4.92. The highest BCUT2D eigenvalue weighted by Crippen LogP contribution is 2.24. The first kappa shape index (κ1) is 19.6. The van der Waals surface area contributed by atoms with E-state index in [-0.39, 0.29) is 5.91 Å². The maximum Gasteiger partial charge on any atom is 0.216 e. The highest BCUT2D eigenvalue weighted by molar-refractivity contribution is 5.99. The van der Waals surface area contributed by atoms with Crippen molar-refractivity contribution in [3.05, 3.63) is 48.9 Å². The number of para-hydroxylation sites is 1. The molecule has 1 aromatic heterocycles. The summed E-state index contributed by atoms with van der Waals surface area (Å²) in [4.78, 5) is 15.6.